The van der Waals surface area contributed by atoms with E-state index in [2.05, 4.69) is 22.3 Å². The van der Waals surface area contributed by atoms with Crippen LogP contribution in [0.4, 0.5) is 11.4 Å². The Balaban J connectivity index is 1.34. The van der Waals surface area contributed by atoms with Crippen molar-refractivity contribution in [3.05, 3.63) is 64.5 Å². The SMILES string of the molecule is Cc1cc(=O)oc2cc(OCC(=O)Nc3ccc(N4CCCCCC4)cc3)ccc12. The number of hydrogen-bond donors (Lipinski definition) is 1. The van der Waals surface area contributed by atoms with E-state index in [4.69, 9.17) is 9.15 Å². The highest BCUT2D eigenvalue weighted by atomic mass is 16.5. The maximum Gasteiger partial charge on any atom is 0.336 e. The van der Waals surface area contributed by atoms with Crippen molar-refractivity contribution < 1.29 is 13.9 Å². The topological polar surface area (TPSA) is 71.8 Å². The fourth-order valence-electron chi connectivity index (χ4n) is 3.83. The summed E-state index contributed by atoms with van der Waals surface area (Å²) < 4.78 is 10.8. The number of carbonyl (C=O) groups excluding carboxylic acids is 1. The predicted molar refractivity (Wildman–Crippen MR) is 118 cm³/mol. The molecule has 2 aromatic carbocycles. The molecule has 0 unspecified atom stereocenters. The lowest BCUT2D eigenvalue weighted by atomic mass is 10.1. The van der Waals surface area contributed by atoms with Crippen molar-refractivity contribution in [1.29, 1.82) is 0 Å². The normalized spacial score (nSPS) is 14.4. The van der Waals surface area contributed by atoms with Gasteiger partial charge in [0.25, 0.3) is 5.91 Å². The van der Waals surface area contributed by atoms with E-state index >= 15 is 0 Å². The van der Waals surface area contributed by atoms with Gasteiger partial charge in [-0.3, -0.25) is 4.79 Å². The molecule has 0 atom stereocenters. The number of carbonyl (C=O) groups is 1. The number of amides is 1. The highest BCUT2D eigenvalue weighted by Crippen LogP contribution is 2.23. The zero-order chi connectivity index (χ0) is 20.9. The number of nitrogens with one attached hydrogen (secondary N) is 1. The molecule has 1 fully saturated rings. The Labute approximate surface area is 175 Å². The second-order valence-corrected chi connectivity index (χ2v) is 7.69. The van der Waals surface area contributed by atoms with Crippen LogP contribution in [0.15, 0.2) is 57.7 Å². The molecule has 1 aromatic heterocycles. The summed E-state index contributed by atoms with van der Waals surface area (Å²) in [6.45, 7) is 3.90. The molecule has 0 aliphatic carbocycles. The lowest BCUT2D eigenvalue weighted by molar-refractivity contribution is -0.118. The monoisotopic (exact) mass is 406 g/mol. The van der Waals surface area contributed by atoms with Crippen LogP contribution < -0.4 is 20.6 Å². The Morgan fingerprint density at radius 1 is 1.03 bits per heavy atom. The van der Waals surface area contributed by atoms with Gasteiger partial charge in [-0.1, -0.05) is 12.8 Å². The third-order valence-corrected chi connectivity index (χ3v) is 5.42. The van der Waals surface area contributed by atoms with Crippen LogP contribution in [0.3, 0.4) is 0 Å². The minimum Gasteiger partial charge on any atom is -0.484 e. The molecule has 4 rings (SSSR count). The third kappa shape index (κ3) is 4.82. The lowest BCUT2D eigenvalue weighted by Crippen LogP contribution is -2.24. The summed E-state index contributed by atoms with van der Waals surface area (Å²) in [5.41, 5.74) is 2.82. The van der Waals surface area contributed by atoms with Gasteiger partial charge in [-0.15, -0.1) is 0 Å². The molecular weight excluding hydrogens is 380 g/mol. The number of rotatable bonds is 5. The first-order valence-corrected chi connectivity index (χ1v) is 10.4. The van der Waals surface area contributed by atoms with Crippen LogP contribution >= 0.6 is 0 Å². The highest BCUT2D eigenvalue weighted by Gasteiger charge is 2.11. The van der Waals surface area contributed by atoms with E-state index in [0.717, 1.165) is 29.7 Å². The largest absolute Gasteiger partial charge is 0.484 e. The second kappa shape index (κ2) is 9.03. The minimum absolute atomic E-state index is 0.130. The van der Waals surface area contributed by atoms with Crippen molar-refractivity contribution in [2.75, 3.05) is 29.9 Å². The first-order chi connectivity index (χ1) is 14.6. The van der Waals surface area contributed by atoms with Crippen LogP contribution in [-0.4, -0.2) is 25.6 Å². The smallest absolute Gasteiger partial charge is 0.336 e. The van der Waals surface area contributed by atoms with E-state index in [1.165, 1.54) is 37.4 Å². The van der Waals surface area contributed by atoms with Crippen LogP contribution in [0.5, 0.6) is 5.75 Å². The van der Waals surface area contributed by atoms with Gasteiger partial charge in [0.15, 0.2) is 6.61 Å². The molecule has 0 bridgehead atoms. The minimum atomic E-state index is -0.404. The van der Waals surface area contributed by atoms with E-state index in [0.29, 0.717) is 11.3 Å². The molecule has 6 nitrogen and oxygen atoms in total. The lowest BCUT2D eigenvalue weighted by Gasteiger charge is -2.22. The summed E-state index contributed by atoms with van der Waals surface area (Å²) in [5, 5.41) is 3.70. The maximum atomic E-state index is 12.3. The van der Waals surface area contributed by atoms with Crippen molar-refractivity contribution in [2.45, 2.75) is 32.6 Å². The molecule has 1 saturated heterocycles. The molecule has 0 spiro atoms. The van der Waals surface area contributed by atoms with Gasteiger partial charge >= 0.3 is 5.63 Å². The van der Waals surface area contributed by atoms with Crippen LogP contribution in [0.2, 0.25) is 0 Å². The molecule has 1 amide bonds. The summed E-state index contributed by atoms with van der Waals surface area (Å²) in [7, 11) is 0. The molecule has 6 heteroatoms. The van der Waals surface area contributed by atoms with Crippen LogP contribution in [0, 0.1) is 6.92 Å². The molecule has 1 N–H and O–H groups in total. The molecular formula is C24H26N2O4. The van der Waals surface area contributed by atoms with E-state index < -0.39 is 5.63 Å². The van der Waals surface area contributed by atoms with E-state index in [-0.39, 0.29) is 12.5 Å². The maximum absolute atomic E-state index is 12.3. The van der Waals surface area contributed by atoms with Crippen LogP contribution in [0.1, 0.15) is 31.2 Å². The van der Waals surface area contributed by atoms with Crippen molar-refractivity contribution >= 4 is 28.3 Å². The Morgan fingerprint density at radius 3 is 2.50 bits per heavy atom. The molecule has 0 saturated carbocycles. The zero-order valence-electron chi connectivity index (χ0n) is 17.1. The number of fused-ring (bicyclic) bond motifs is 1. The van der Waals surface area contributed by atoms with Crippen molar-refractivity contribution in [3.63, 3.8) is 0 Å². The van der Waals surface area contributed by atoms with Crippen molar-refractivity contribution in [3.8, 4) is 5.75 Å². The number of nitrogens with zero attached hydrogens (tertiary/aromatic N) is 1. The summed E-state index contributed by atoms with van der Waals surface area (Å²) in [6, 6.07) is 14.6. The first-order valence-electron chi connectivity index (χ1n) is 10.4. The van der Waals surface area contributed by atoms with Gasteiger partial charge in [0, 0.05) is 42.0 Å². The number of anilines is 2. The summed E-state index contributed by atoms with van der Waals surface area (Å²) >= 11 is 0. The third-order valence-electron chi connectivity index (χ3n) is 5.42. The van der Waals surface area contributed by atoms with Gasteiger partial charge in [-0.05, 0) is 61.7 Å². The first kappa shape index (κ1) is 20.0. The van der Waals surface area contributed by atoms with Gasteiger partial charge in [0.1, 0.15) is 11.3 Å². The van der Waals surface area contributed by atoms with Crippen molar-refractivity contribution in [2.24, 2.45) is 0 Å². The zero-order valence-corrected chi connectivity index (χ0v) is 17.1. The molecule has 3 aromatic rings. The van der Waals surface area contributed by atoms with Crippen molar-refractivity contribution in [1.82, 2.24) is 0 Å². The van der Waals surface area contributed by atoms with Gasteiger partial charge in [0.2, 0.25) is 0 Å². The number of ether oxygens (including phenoxy) is 1. The van der Waals surface area contributed by atoms with Gasteiger partial charge in [-0.25, -0.2) is 4.79 Å². The Bertz CT molecular complexity index is 1080. The Morgan fingerprint density at radius 2 is 1.77 bits per heavy atom. The second-order valence-electron chi connectivity index (χ2n) is 7.69. The fourth-order valence-corrected chi connectivity index (χ4v) is 3.83. The van der Waals surface area contributed by atoms with Gasteiger partial charge < -0.3 is 19.4 Å². The Hall–Kier alpha value is -3.28. The van der Waals surface area contributed by atoms with E-state index in [1.54, 1.807) is 12.1 Å². The van der Waals surface area contributed by atoms with Crippen LogP contribution in [0.25, 0.3) is 11.0 Å². The molecule has 156 valence electrons. The molecule has 0 radical (unpaired) electrons. The molecule has 1 aliphatic rings. The standard InChI is InChI=1S/C24H26N2O4/c1-17-14-24(28)30-22-15-20(10-11-21(17)22)29-16-23(27)25-18-6-8-19(9-7-18)26-12-4-2-3-5-13-26/h6-11,14-15H,2-5,12-13,16H2,1H3,(H,25,27). The van der Waals surface area contributed by atoms with Crippen LogP contribution in [-0.2, 0) is 4.79 Å². The quantitative estimate of drug-likeness (QED) is 0.632. The fraction of sp³-hybridized carbons (Fsp3) is 0.333. The predicted octanol–water partition coefficient (Wildman–Crippen LogP) is 4.50. The number of hydrogen-bond acceptors (Lipinski definition) is 5. The average Bonchev–Trinajstić information content (AvgIpc) is 3.02. The number of benzene rings is 2. The molecule has 30 heavy (non-hydrogen) atoms. The number of aryl methyl sites for hydroxylation is 1. The summed E-state index contributed by atoms with van der Waals surface area (Å²) in [6.07, 6.45) is 5.06. The van der Waals surface area contributed by atoms with E-state index in [1.807, 2.05) is 25.1 Å². The summed E-state index contributed by atoms with van der Waals surface area (Å²) in [4.78, 5) is 26.2. The summed E-state index contributed by atoms with van der Waals surface area (Å²) in [5.74, 6) is 0.228. The van der Waals surface area contributed by atoms with Gasteiger partial charge in [0.05, 0.1) is 0 Å². The average molecular weight is 406 g/mol. The highest BCUT2D eigenvalue weighted by molar-refractivity contribution is 5.92. The molecule has 1 aliphatic heterocycles. The van der Waals surface area contributed by atoms with Gasteiger partial charge in [-0.2, -0.15) is 0 Å². The van der Waals surface area contributed by atoms with E-state index in [9.17, 15) is 9.59 Å². The molecule has 2 heterocycles. The Kier molecular flexibility index (Phi) is 6.02.